The summed E-state index contributed by atoms with van der Waals surface area (Å²) in [6.07, 6.45) is -13.5. The van der Waals surface area contributed by atoms with Crippen LogP contribution in [0.15, 0.2) is 18.2 Å². The first-order valence-corrected chi connectivity index (χ1v) is 4.54. The third-order valence-electron chi connectivity index (χ3n) is 2.10. The van der Waals surface area contributed by atoms with E-state index in [0.717, 1.165) is 0 Å². The SMILES string of the molecule is O=[N+]([O-])c1cc([C@@H](O)C(F)(F)F)cc(C(F)(F)F)c1. The van der Waals surface area contributed by atoms with Gasteiger partial charge in [-0.25, -0.2) is 0 Å². The predicted octanol–water partition coefficient (Wildman–Crippen LogP) is 3.21. The van der Waals surface area contributed by atoms with Gasteiger partial charge < -0.3 is 5.11 Å². The van der Waals surface area contributed by atoms with Gasteiger partial charge in [0.05, 0.1) is 10.5 Å². The van der Waals surface area contributed by atoms with E-state index >= 15 is 0 Å². The van der Waals surface area contributed by atoms with Gasteiger partial charge in [0, 0.05) is 12.1 Å². The number of nitrogens with zero attached hydrogens (tertiary/aromatic N) is 1. The van der Waals surface area contributed by atoms with Crippen molar-refractivity contribution in [2.24, 2.45) is 0 Å². The highest BCUT2D eigenvalue weighted by Gasteiger charge is 2.41. The summed E-state index contributed by atoms with van der Waals surface area (Å²) in [6.45, 7) is 0. The molecule has 1 atom stereocenters. The van der Waals surface area contributed by atoms with Gasteiger partial charge in [-0.15, -0.1) is 0 Å². The van der Waals surface area contributed by atoms with Crippen molar-refractivity contribution in [2.45, 2.75) is 18.5 Å². The van der Waals surface area contributed by atoms with Crippen LogP contribution in [0.3, 0.4) is 0 Å². The van der Waals surface area contributed by atoms with E-state index in [1.54, 1.807) is 0 Å². The first-order valence-electron chi connectivity index (χ1n) is 4.54. The Morgan fingerprint density at radius 2 is 1.63 bits per heavy atom. The molecule has 0 saturated carbocycles. The maximum Gasteiger partial charge on any atom is 0.418 e. The van der Waals surface area contributed by atoms with E-state index in [9.17, 15) is 36.5 Å². The minimum absolute atomic E-state index is 0.0190. The van der Waals surface area contributed by atoms with Crippen LogP contribution in [0.5, 0.6) is 0 Å². The number of rotatable bonds is 2. The number of hydrogen-bond acceptors (Lipinski definition) is 3. The number of aliphatic hydroxyl groups excluding tert-OH is 1. The normalized spacial score (nSPS) is 14.3. The van der Waals surface area contributed by atoms with E-state index in [4.69, 9.17) is 5.11 Å². The average Bonchev–Trinajstić information content (AvgIpc) is 2.24. The molecule has 4 nitrogen and oxygen atoms in total. The number of aliphatic hydroxyl groups is 1. The molecule has 0 heterocycles. The average molecular weight is 289 g/mol. The lowest BCUT2D eigenvalue weighted by Gasteiger charge is -2.16. The first-order chi connectivity index (χ1) is 8.43. The van der Waals surface area contributed by atoms with Crippen LogP contribution < -0.4 is 0 Å². The van der Waals surface area contributed by atoms with Crippen LogP contribution in [-0.2, 0) is 6.18 Å². The first kappa shape index (κ1) is 15.2. The Bertz CT molecular complexity index is 496. The number of non-ortho nitro benzene ring substituents is 1. The van der Waals surface area contributed by atoms with Gasteiger partial charge in [0.2, 0.25) is 0 Å². The standard InChI is InChI=1S/C9H5F6NO3/c10-8(11,12)5-1-4(7(17)9(13,14)15)2-6(3-5)16(18)19/h1-3,7,17H/t7-/m1/s1. The van der Waals surface area contributed by atoms with Crippen molar-refractivity contribution in [3.63, 3.8) is 0 Å². The molecule has 1 rings (SSSR count). The molecule has 19 heavy (non-hydrogen) atoms. The molecule has 1 N–H and O–H groups in total. The highest BCUT2D eigenvalue weighted by Crippen LogP contribution is 2.38. The predicted molar refractivity (Wildman–Crippen MR) is 49.1 cm³/mol. The van der Waals surface area contributed by atoms with Gasteiger partial charge in [-0.1, -0.05) is 0 Å². The lowest BCUT2D eigenvalue weighted by molar-refractivity contribution is -0.385. The second-order valence-corrected chi connectivity index (χ2v) is 3.51. The Labute approximate surface area is 101 Å². The third-order valence-corrected chi connectivity index (χ3v) is 2.10. The Hall–Kier alpha value is -1.84. The molecule has 106 valence electrons. The summed E-state index contributed by atoms with van der Waals surface area (Å²) in [7, 11) is 0. The van der Waals surface area contributed by atoms with Gasteiger partial charge in [0.15, 0.2) is 6.10 Å². The molecule has 0 spiro atoms. The van der Waals surface area contributed by atoms with Crippen LogP contribution in [0.2, 0.25) is 0 Å². The molecule has 0 bridgehead atoms. The summed E-state index contributed by atoms with van der Waals surface area (Å²) in [5, 5.41) is 19.2. The molecule has 1 aromatic carbocycles. The summed E-state index contributed by atoms with van der Waals surface area (Å²) in [4.78, 5) is 9.10. The minimum Gasteiger partial charge on any atom is -0.379 e. The van der Waals surface area contributed by atoms with Gasteiger partial charge >= 0.3 is 12.4 Å². The van der Waals surface area contributed by atoms with Crippen molar-refractivity contribution in [3.05, 3.63) is 39.4 Å². The number of hydrogen-bond donors (Lipinski definition) is 1. The molecule has 10 heteroatoms. The Balaban J connectivity index is 3.41. The molecule has 0 unspecified atom stereocenters. The zero-order chi connectivity index (χ0) is 15.0. The Morgan fingerprint density at radius 3 is 2.00 bits per heavy atom. The second-order valence-electron chi connectivity index (χ2n) is 3.51. The fourth-order valence-electron chi connectivity index (χ4n) is 1.25. The largest absolute Gasteiger partial charge is 0.418 e. The fraction of sp³-hybridized carbons (Fsp3) is 0.333. The quantitative estimate of drug-likeness (QED) is 0.516. The van der Waals surface area contributed by atoms with Crippen LogP contribution in [0.25, 0.3) is 0 Å². The Kier molecular flexibility index (Phi) is 3.75. The molecular weight excluding hydrogens is 284 g/mol. The van der Waals surface area contributed by atoms with Gasteiger partial charge in [-0.3, -0.25) is 10.1 Å². The molecule has 0 aromatic heterocycles. The van der Waals surface area contributed by atoms with Crippen LogP contribution in [0.1, 0.15) is 17.2 Å². The molecule has 0 saturated heterocycles. The van der Waals surface area contributed by atoms with Gasteiger partial charge in [-0.2, -0.15) is 26.3 Å². The van der Waals surface area contributed by atoms with Crippen molar-refractivity contribution in [3.8, 4) is 0 Å². The fourth-order valence-corrected chi connectivity index (χ4v) is 1.25. The number of nitro benzene ring substituents is 1. The minimum atomic E-state index is -5.22. The highest BCUT2D eigenvalue weighted by molar-refractivity contribution is 5.41. The van der Waals surface area contributed by atoms with Crippen molar-refractivity contribution < 1.29 is 36.4 Å². The summed E-state index contributed by atoms with van der Waals surface area (Å²) in [5.74, 6) is 0. The zero-order valence-corrected chi connectivity index (χ0v) is 8.79. The summed E-state index contributed by atoms with van der Waals surface area (Å²) >= 11 is 0. The summed E-state index contributed by atoms with van der Waals surface area (Å²) in [6, 6.07) is 0.352. The van der Waals surface area contributed by atoms with E-state index < -0.39 is 40.2 Å². The summed E-state index contributed by atoms with van der Waals surface area (Å²) < 4.78 is 73.7. The van der Waals surface area contributed by atoms with Crippen LogP contribution in [0, 0.1) is 10.1 Å². The molecular formula is C9H5F6NO3. The molecule has 0 aliphatic rings. The van der Waals surface area contributed by atoms with Gasteiger partial charge in [0.25, 0.3) is 5.69 Å². The van der Waals surface area contributed by atoms with Crippen molar-refractivity contribution in [1.29, 1.82) is 0 Å². The molecule has 0 amide bonds. The topological polar surface area (TPSA) is 63.4 Å². The molecule has 0 aliphatic heterocycles. The number of nitro groups is 1. The van der Waals surface area contributed by atoms with Crippen molar-refractivity contribution >= 4 is 5.69 Å². The highest BCUT2D eigenvalue weighted by atomic mass is 19.4. The number of alkyl halides is 6. The van der Waals surface area contributed by atoms with E-state index in [2.05, 4.69) is 0 Å². The zero-order valence-electron chi connectivity index (χ0n) is 8.79. The smallest absolute Gasteiger partial charge is 0.379 e. The number of halogens is 6. The molecule has 0 aliphatic carbocycles. The lowest BCUT2D eigenvalue weighted by Crippen LogP contribution is -2.21. The van der Waals surface area contributed by atoms with Gasteiger partial charge in [-0.05, 0) is 11.6 Å². The maximum absolute atomic E-state index is 12.4. The van der Waals surface area contributed by atoms with Crippen LogP contribution in [-0.4, -0.2) is 16.2 Å². The van der Waals surface area contributed by atoms with Crippen LogP contribution in [0.4, 0.5) is 32.0 Å². The van der Waals surface area contributed by atoms with E-state index in [1.807, 2.05) is 0 Å². The molecule has 0 radical (unpaired) electrons. The van der Waals surface area contributed by atoms with Crippen molar-refractivity contribution in [1.82, 2.24) is 0 Å². The lowest BCUT2D eigenvalue weighted by atomic mass is 10.0. The van der Waals surface area contributed by atoms with E-state index in [1.165, 1.54) is 0 Å². The molecule has 0 fully saturated rings. The van der Waals surface area contributed by atoms with Gasteiger partial charge in [0.1, 0.15) is 0 Å². The summed E-state index contributed by atoms with van der Waals surface area (Å²) in [5.41, 5.74) is -4.07. The maximum atomic E-state index is 12.4. The molecule has 1 aromatic rings. The third kappa shape index (κ3) is 3.56. The van der Waals surface area contributed by atoms with E-state index in [-0.39, 0.29) is 18.2 Å². The number of benzene rings is 1. The monoisotopic (exact) mass is 289 g/mol. The van der Waals surface area contributed by atoms with E-state index in [0.29, 0.717) is 0 Å². The van der Waals surface area contributed by atoms with Crippen molar-refractivity contribution in [2.75, 3.05) is 0 Å². The van der Waals surface area contributed by atoms with Crippen LogP contribution >= 0.6 is 0 Å². The Morgan fingerprint density at radius 1 is 1.11 bits per heavy atom. The second kappa shape index (κ2) is 4.68.